The Morgan fingerprint density at radius 3 is 2.38 bits per heavy atom. The van der Waals surface area contributed by atoms with Crippen molar-refractivity contribution in [2.75, 3.05) is 13.7 Å². The maximum absolute atomic E-state index is 13.7. The summed E-state index contributed by atoms with van der Waals surface area (Å²) in [6.07, 6.45) is 1.18. The molecule has 2 atom stereocenters. The first kappa shape index (κ1) is 28.3. The standard InChI is InChI=1S/C30H35BrN2O4/c1-5-22(3)32-30(35)28(18-23-10-7-6-8-11-23)33(19-24-12-9-13-25(17-24)36-4)29(34)20-37-26-14-15-27(31)21(2)16-26/h6-17,22,28H,5,18-20H2,1-4H3,(H,32,35)/t22-,28+/m0/s1. The fourth-order valence-corrected chi connectivity index (χ4v) is 4.14. The second-order valence-corrected chi connectivity index (χ2v) is 9.95. The third-order valence-electron chi connectivity index (χ3n) is 6.25. The Labute approximate surface area is 228 Å². The molecule has 3 rings (SSSR count). The molecule has 0 heterocycles. The van der Waals surface area contributed by atoms with Crippen molar-refractivity contribution in [1.29, 1.82) is 0 Å². The second kappa shape index (κ2) is 13.8. The first-order valence-corrected chi connectivity index (χ1v) is 13.3. The Balaban J connectivity index is 1.93. The molecule has 0 unspecified atom stereocenters. The van der Waals surface area contributed by atoms with Gasteiger partial charge in [-0.25, -0.2) is 0 Å². The molecule has 0 saturated carbocycles. The molecule has 0 aromatic heterocycles. The van der Waals surface area contributed by atoms with Crippen LogP contribution < -0.4 is 14.8 Å². The van der Waals surface area contributed by atoms with Crippen LogP contribution in [0.2, 0.25) is 0 Å². The van der Waals surface area contributed by atoms with Gasteiger partial charge in [-0.05, 0) is 67.3 Å². The summed E-state index contributed by atoms with van der Waals surface area (Å²) in [5.74, 6) is 0.826. The zero-order valence-corrected chi connectivity index (χ0v) is 23.5. The zero-order chi connectivity index (χ0) is 26.8. The Morgan fingerprint density at radius 1 is 0.973 bits per heavy atom. The number of hydrogen-bond donors (Lipinski definition) is 1. The van der Waals surface area contributed by atoms with Crippen LogP contribution in [0.25, 0.3) is 0 Å². The van der Waals surface area contributed by atoms with Crippen LogP contribution in [0.3, 0.4) is 0 Å². The molecule has 7 heteroatoms. The maximum atomic E-state index is 13.7. The van der Waals surface area contributed by atoms with E-state index in [-0.39, 0.29) is 31.0 Å². The van der Waals surface area contributed by atoms with Crippen LogP contribution in [0, 0.1) is 6.92 Å². The second-order valence-electron chi connectivity index (χ2n) is 9.10. The van der Waals surface area contributed by atoms with E-state index < -0.39 is 6.04 Å². The van der Waals surface area contributed by atoms with Gasteiger partial charge in [0.05, 0.1) is 7.11 Å². The quantitative estimate of drug-likeness (QED) is 0.305. The average molecular weight is 568 g/mol. The fraction of sp³-hybridized carbons (Fsp3) is 0.333. The number of carbonyl (C=O) groups excluding carboxylic acids is 2. The third kappa shape index (κ3) is 8.35. The number of nitrogens with zero attached hydrogens (tertiary/aromatic N) is 1. The van der Waals surface area contributed by atoms with Gasteiger partial charge in [0.1, 0.15) is 17.5 Å². The maximum Gasteiger partial charge on any atom is 0.261 e. The van der Waals surface area contributed by atoms with Crippen molar-refractivity contribution >= 4 is 27.7 Å². The van der Waals surface area contributed by atoms with Crippen LogP contribution in [0.1, 0.15) is 37.0 Å². The largest absolute Gasteiger partial charge is 0.497 e. The van der Waals surface area contributed by atoms with Gasteiger partial charge < -0.3 is 19.7 Å². The van der Waals surface area contributed by atoms with E-state index in [1.807, 2.05) is 93.6 Å². The first-order valence-electron chi connectivity index (χ1n) is 12.5. The van der Waals surface area contributed by atoms with Crippen molar-refractivity contribution in [2.45, 2.75) is 52.2 Å². The highest BCUT2D eigenvalue weighted by Gasteiger charge is 2.31. The smallest absolute Gasteiger partial charge is 0.261 e. The molecular formula is C30H35BrN2O4. The lowest BCUT2D eigenvalue weighted by molar-refractivity contribution is -0.143. The van der Waals surface area contributed by atoms with Gasteiger partial charge >= 0.3 is 0 Å². The van der Waals surface area contributed by atoms with E-state index in [1.54, 1.807) is 12.0 Å². The van der Waals surface area contributed by atoms with Gasteiger partial charge in [0.25, 0.3) is 5.91 Å². The van der Waals surface area contributed by atoms with E-state index >= 15 is 0 Å². The number of nitrogens with one attached hydrogen (secondary N) is 1. The summed E-state index contributed by atoms with van der Waals surface area (Å²) in [5, 5.41) is 3.08. The molecule has 0 bridgehead atoms. The van der Waals surface area contributed by atoms with Gasteiger partial charge in [0.2, 0.25) is 5.91 Å². The van der Waals surface area contributed by atoms with Crippen molar-refractivity contribution in [3.8, 4) is 11.5 Å². The van der Waals surface area contributed by atoms with Crippen molar-refractivity contribution in [3.05, 3.63) is 94.0 Å². The highest BCUT2D eigenvalue weighted by atomic mass is 79.9. The Hall–Kier alpha value is -3.32. The van der Waals surface area contributed by atoms with Crippen LogP contribution in [0.15, 0.2) is 77.3 Å². The average Bonchev–Trinajstić information content (AvgIpc) is 2.91. The van der Waals surface area contributed by atoms with Crippen LogP contribution in [-0.4, -0.2) is 42.5 Å². The molecule has 0 aliphatic carbocycles. The Morgan fingerprint density at radius 2 is 1.70 bits per heavy atom. The number of benzene rings is 3. The van der Waals surface area contributed by atoms with Gasteiger partial charge in [-0.3, -0.25) is 9.59 Å². The zero-order valence-electron chi connectivity index (χ0n) is 21.9. The summed E-state index contributed by atoms with van der Waals surface area (Å²) in [4.78, 5) is 28.9. The first-order chi connectivity index (χ1) is 17.8. The summed E-state index contributed by atoms with van der Waals surface area (Å²) in [6, 6.07) is 22.1. The predicted octanol–water partition coefficient (Wildman–Crippen LogP) is 5.70. The molecule has 37 heavy (non-hydrogen) atoms. The number of rotatable bonds is 12. The normalized spacial score (nSPS) is 12.4. The number of methoxy groups -OCH3 is 1. The molecule has 1 N–H and O–H groups in total. The lowest BCUT2D eigenvalue weighted by Crippen LogP contribution is -2.53. The number of aryl methyl sites for hydroxylation is 1. The SMILES string of the molecule is CC[C@H](C)NC(=O)[C@@H](Cc1ccccc1)N(Cc1cccc(OC)c1)C(=O)COc1ccc(Br)c(C)c1. The number of amides is 2. The molecule has 0 radical (unpaired) electrons. The summed E-state index contributed by atoms with van der Waals surface area (Å²) in [5.41, 5.74) is 2.84. The molecule has 6 nitrogen and oxygen atoms in total. The van der Waals surface area contributed by atoms with Crippen molar-refractivity contribution in [1.82, 2.24) is 10.2 Å². The van der Waals surface area contributed by atoms with Crippen molar-refractivity contribution in [2.24, 2.45) is 0 Å². The van der Waals surface area contributed by atoms with E-state index in [0.29, 0.717) is 17.9 Å². The van der Waals surface area contributed by atoms with Crippen LogP contribution in [-0.2, 0) is 22.6 Å². The van der Waals surface area contributed by atoms with E-state index in [0.717, 1.165) is 27.6 Å². The molecular weight excluding hydrogens is 532 g/mol. The van der Waals surface area contributed by atoms with Gasteiger partial charge in [-0.15, -0.1) is 0 Å². The Bertz CT molecular complexity index is 1190. The molecule has 0 aliphatic heterocycles. The van der Waals surface area contributed by atoms with E-state index in [9.17, 15) is 9.59 Å². The molecule has 0 fully saturated rings. The number of halogens is 1. The monoisotopic (exact) mass is 566 g/mol. The van der Waals surface area contributed by atoms with Crippen molar-refractivity contribution < 1.29 is 19.1 Å². The van der Waals surface area contributed by atoms with E-state index in [1.165, 1.54) is 0 Å². The van der Waals surface area contributed by atoms with Gasteiger partial charge in [0, 0.05) is 23.5 Å². The number of hydrogen-bond acceptors (Lipinski definition) is 4. The van der Waals surface area contributed by atoms with Crippen LogP contribution in [0.5, 0.6) is 11.5 Å². The molecule has 0 spiro atoms. The van der Waals surface area contributed by atoms with E-state index in [4.69, 9.17) is 9.47 Å². The summed E-state index contributed by atoms with van der Waals surface area (Å²) >= 11 is 3.49. The highest BCUT2D eigenvalue weighted by Crippen LogP contribution is 2.23. The third-order valence-corrected chi connectivity index (χ3v) is 7.14. The molecule has 3 aromatic rings. The fourth-order valence-electron chi connectivity index (χ4n) is 3.90. The molecule has 3 aromatic carbocycles. The van der Waals surface area contributed by atoms with E-state index in [2.05, 4.69) is 21.2 Å². The minimum Gasteiger partial charge on any atom is -0.497 e. The summed E-state index contributed by atoms with van der Waals surface area (Å²) < 4.78 is 12.2. The lowest BCUT2D eigenvalue weighted by atomic mass is 10.0. The highest BCUT2D eigenvalue weighted by molar-refractivity contribution is 9.10. The molecule has 0 aliphatic rings. The van der Waals surface area contributed by atoms with Gasteiger partial charge in [-0.1, -0.05) is 65.3 Å². The molecule has 196 valence electrons. The van der Waals surface area contributed by atoms with Crippen molar-refractivity contribution in [3.63, 3.8) is 0 Å². The van der Waals surface area contributed by atoms with Gasteiger partial charge in [0.15, 0.2) is 6.61 Å². The minimum absolute atomic E-state index is 0.0125. The predicted molar refractivity (Wildman–Crippen MR) is 150 cm³/mol. The molecule has 2 amide bonds. The van der Waals surface area contributed by atoms with Crippen LogP contribution >= 0.6 is 15.9 Å². The topological polar surface area (TPSA) is 67.9 Å². The summed E-state index contributed by atoms with van der Waals surface area (Å²) in [7, 11) is 1.61. The Kier molecular flexibility index (Phi) is 10.6. The lowest BCUT2D eigenvalue weighted by Gasteiger charge is -2.32. The summed E-state index contributed by atoms with van der Waals surface area (Å²) in [6.45, 7) is 6.00. The number of ether oxygens (including phenoxy) is 2. The van der Waals surface area contributed by atoms with Crippen LogP contribution in [0.4, 0.5) is 0 Å². The number of carbonyl (C=O) groups is 2. The minimum atomic E-state index is -0.717. The van der Waals surface area contributed by atoms with Gasteiger partial charge in [-0.2, -0.15) is 0 Å². The molecule has 0 saturated heterocycles.